The van der Waals surface area contributed by atoms with Crippen LogP contribution in [0.15, 0.2) is 60.2 Å². The maximum Gasteiger partial charge on any atom is 0.333 e. The van der Waals surface area contributed by atoms with E-state index >= 15 is 0 Å². The van der Waals surface area contributed by atoms with Crippen molar-refractivity contribution in [1.82, 2.24) is 0 Å². The van der Waals surface area contributed by atoms with E-state index in [4.69, 9.17) is 28.4 Å². The summed E-state index contributed by atoms with van der Waals surface area (Å²) in [7, 11) is 0. The molecule has 0 aliphatic heterocycles. The first kappa shape index (κ1) is 45.2. The molecule has 0 spiro atoms. The van der Waals surface area contributed by atoms with Crippen molar-refractivity contribution < 1.29 is 47.9 Å². The van der Waals surface area contributed by atoms with Crippen LogP contribution in [0, 0.1) is 11.8 Å². The number of benzene rings is 2. The molecule has 10 heteroatoms. The minimum atomic E-state index is -1.02. The molecule has 2 aromatic carbocycles. The lowest BCUT2D eigenvalue weighted by Gasteiger charge is -2.27. The van der Waals surface area contributed by atoms with E-state index in [2.05, 4.69) is 40.9 Å². The Kier molecular flexibility index (Phi) is 19.5. The number of carboxylic acids is 1. The summed E-state index contributed by atoms with van der Waals surface area (Å²) in [5.41, 5.74) is 2.20. The Morgan fingerprint density at radius 1 is 0.691 bits per heavy atom. The first-order chi connectivity index (χ1) is 26.4. The van der Waals surface area contributed by atoms with E-state index in [0.717, 1.165) is 62.3 Å². The summed E-state index contributed by atoms with van der Waals surface area (Å²) < 4.78 is 36.7. The highest BCUT2D eigenvalue weighted by Gasteiger charge is 2.29. The highest BCUT2D eigenvalue weighted by atomic mass is 16.6. The van der Waals surface area contributed by atoms with Gasteiger partial charge in [0, 0.05) is 58.3 Å². The SMILES string of the molecule is C=C(C)C(=O)OC(COCCC(CC)CCC)COc1c2c(c(OCC(COCCC(CC)CCC)OC(=O)C(=C)C)c3ccccc13)CC(C(=O)O)=CC2. The van der Waals surface area contributed by atoms with Gasteiger partial charge in [-0.1, -0.05) is 110 Å². The maximum atomic E-state index is 12.7. The van der Waals surface area contributed by atoms with Crippen LogP contribution in [0.1, 0.15) is 104 Å². The van der Waals surface area contributed by atoms with Gasteiger partial charge < -0.3 is 33.5 Å². The van der Waals surface area contributed by atoms with E-state index in [1.165, 1.54) is 0 Å². The van der Waals surface area contributed by atoms with Gasteiger partial charge in [-0.05, 0) is 44.9 Å². The third-order valence-corrected chi connectivity index (χ3v) is 10.1. The fourth-order valence-corrected chi connectivity index (χ4v) is 6.80. The Morgan fingerprint density at radius 3 is 1.55 bits per heavy atom. The molecule has 55 heavy (non-hydrogen) atoms. The van der Waals surface area contributed by atoms with Gasteiger partial charge in [-0.15, -0.1) is 0 Å². The first-order valence-electron chi connectivity index (χ1n) is 20.1. The van der Waals surface area contributed by atoms with Crippen molar-refractivity contribution in [3.63, 3.8) is 0 Å². The predicted molar refractivity (Wildman–Crippen MR) is 216 cm³/mol. The van der Waals surface area contributed by atoms with Gasteiger partial charge in [0.15, 0.2) is 12.2 Å². The lowest BCUT2D eigenvalue weighted by atomic mass is 9.87. The summed E-state index contributed by atoms with van der Waals surface area (Å²) in [5, 5.41) is 11.5. The van der Waals surface area contributed by atoms with E-state index in [9.17, 15) is 19.5 Å². The number of hydrogen-bond acceptors (Lipinski definition) is 9. The minimum absolute atomic E-state index is 0.00470. The van der Waals surface area contributed by atoms with Gasteiger partial charge in [-0.25, -0.2) is 14.4 Å². The number of rotatable bonds is 27. The summed E-state index contributed by atoms with van der Waals surface area (Å²) in [4.78, 5) is 37.6. The van der Waals surface area contributed by atoms with Gasteiger partial charge >= 0.3 is 17.9 Å². The van der Waals surface area contributed by atoms with Crippen LogP contribution in [0.5, 0.6) is 11.5 Å². The second kappa shape index (κ2) is 23.7. The number of allylic oxidation sites excluding steroid dienone is 1. The first-order valence-corrected chi connectivity index (χ1v) is 20.1. The summed E-state index contributed by atoms with van der Waals surface area (Å²) in [6.07, 6.45) is 9.10. The molecule has 2 aromatic rings. The lowest BCUT2D eigenvalue weighted by molar-refractivity contribution is -0.150. The Hall–Kier alpha value is -4.15. The van der Waals surface area contributed by atoms with Crippen molar-refractivity contribution >= 4 is 28.7 Å². The van der Waals surface area contributed by atoms with Crippen molar-refractivity contribution in [2.24, 2.45) is 11.8 Å². The Labute approximate surface area is 328 Å². The van der Waals surface area contributed by atoms with Crippen LogP contribution in [0.2, 0.25) is 0 Å². The van der Waals surface area contributed by atoms with Crippen molar-refractivity contribution in [3.8, 4) is 11.5 Å². The van der Waals surface area contributed by atoms with Crippen molar-refractivity contribution in [2.75, 3.05) is 39.6 Å². The topological polar surface area (TPSA) is 127 Å². The molecule has 304 valence electrons. The van der Waals surface area contributed by atoms with Crippen molar-refractivity contribution in [2.45, 2.75) is 118 Å². The maximum absolute atomic E-state index is 12.7. The Balaban J connectivity index is 1.93. The number of carbonyl (C=O) groups excluding carboxylic acids is 2. The number of carboxylic acid groups (broad SMARTS) is 1. The Morgan fingerprint density at radius 2 is 1.15 bits per heavy atom. The molecule has 0 amide bonds. The van der Waals surface area contributed by atoms with Crippen LogP contribution >= 0.6 is 0 Å². The van der Waals surface area contributed by atoms with Gasteiger partial charge in [0.1, 0.15) is 24.7 Å². The highest BCUT2D eigenvalue weighted by Crippen LogP contribution is 2.44. The van der Waals surface area contributed by atoms with E-state index in [1.54, 1.807) is 19.9 Å². The minimum Gasteiger partial charge on any atom is -0.489 e. The molecular weight excluding hydrogens is 700 g/mol. The summed E-state index contributed by atoms with van der Waals surface area (Å²) >= 11 is 0. The van der Waals surface area contributed by atoms with E-state index in [-0.39, 0.29) is 56.0 Å². The number of carbonyl (C=O) groups is 3. The zero-order valence-corrected chi connectivity index (χ0v) is 34.0. The molecule has 0 saturated carbocycles. The highest BCUT2D eigenvalue weighted by molar-refractivity contribution is 5.98. The van der Waals surface area contributed by atoms with Gasteiger partial charge in [0.25, 0.3) is 0 Å². The molecule has 0 saturated heterocycles. The molecule has 4 unspecified atom stereocenters. The number of aliphatic carboxylic acids is 1. The van der Waals surface area contributed by atoms with Crippen LogP contribution < -0.4 is 9.47 Å². The zero-order valence-electron chi connectivity index (χ0n) is 34.0. The molecule has 0 aromatic heterocycles. The molecule has 10 nitrogen and oxygen atoms in total. The average molecular weight is 765 g/mol. The fourth-order valence-electron chi connectivity index (χ4n) is 6.80. The van der Waals surface area contributed by atoms with E-state index in [1.807, 2.05) is 24.3 Å². The fraction of sp³-hybridized carbons (Fsp3) is 0.578. The zero-order chi connectivity index (χ0) is 40.3. The largest absolute Gasteiger partial charge is 0.489 e. The second-order valence-corrected chi connectivity index (χ2v) is 14.7. The second-order valence-electron chi connectivity index (χ2n) is 14.7. The quantitative estimate of drug-likeness (QED) is 0.0535. The number of esters is 2. The molecule has 0 heterocycles. The molecule has 1 N–H and O–H groups in total. The molecule has 1 aliphatic rings. The van der Waals surface area contributed by atoms with Gasteiger partial charge in [0.05, 0.1) is 13.2 Å². The summed E-state index contributed by atoms with van der Waals surface area (Å²) in [5.74, 6) is 0.0876. The molecule has 1 aliphatic carbocycles. The standard InChI is InChI=1S/C45H64O10/c1-9-15-32(11-3)21-23-50-26-35(54-44(48)30(5)6)28-52-41-37-17-13-14-18-38(37)42(40-25-34(43(46)47)19-20-39(40)41)53-29-36(55-45(49)31(7)8)27-51-24-22-33(12-4)16-10-2/h13-14,17-19,32-33,35-36H,5,7,9-12,15-16,20-29H2,1-4,6,8H3,(H,46,47). The van der Waals surface area contributed by atoms with Crippen LogP contribution in [-0.2, 0) is 46.2 Å². The van der Waals surface area contributed by atoms with Gasteiger partial charge in [-0.2, -0.15) is 0 Å². The van der Waals surface area contributed by atoms with Crippen molar-refractivity contribution in [3.05, 3.63) is 71.3 Å². The van der Waals surface area contributed by atoms with Crippen LogP contribution in [0.4, 0.5) is 0 Å². The molecule has 0 bridgehead atoms. The van der Waals surface area contributed by atoms with Crippen LogP contribution in [0.25, 0.3) is 10.8 Å². The van der Waals surface area contributed by atoms with Crippen LogP contribution in [-0.4, -0.2) is 74.9 Å². The van der Waals surface area contributed by atoms with Gasteiger partial charge in [-0.3, -0.25) is 0 Å². The number of ether oxygens (including phenoxy) is 6. The monoisotopic (exact) mass is 764 g/mol. The van der Waals surface area contributed by atoms with E-state index in [0.29, 0.717) is 47.5 Å². The number of hydrogen-bond donors (Lipinski definition) is 1. The molecule has 0 fully saturated rings. The van der Waals surface area contributed by atoms with Crippen LogP contribution in [0.3, 0.4) is 0 Å². The average Bonchev–Trinajstić information content (AvgIpc) is 3.17. The number of fused-ring (bicyclic) bond motifs is 2. The molecule has 4 atom stereocenters. The van der Waals surface area contributed by atoms with Gasteiger partial charge in [0.2, 0.25) is 0 Å². The normalized spacial score (nSPS) is 14.5. The predicted octanol–water partition coefficient (Wildman–Crippen LogP) is 9.15. The Bertz CT molecular complexity index is 1620. The van der Waals surface area contributed by atoms with E-state index < -0.39 is 30.1 Å². The third-order valence-electron chi connectivity index (χ3n) is 10.1. The summed E-state index contributed by atoms with van der Waals surface area (Å²) in [6.45, 7) is 20.7. The molecule has 0 radical (unpaired) electrons. The molecule has 3 rings (SSSR count). The molecular formula is C45H64O10. The lowest BCUT2D eigenvalue weighted by Crippen LogP contribution is -2.31. The smallest absolute Gasteiger partial charge is 0.333 e. The summed E-state index contributed by atoms with van der Waals surface area (Å²) in [6, 6.07) is 7.57. The van der Waals surface area contributed by atoms with Crippen molar-refractivity contribution in [1.29, 1.82) is 0 Å². The third kappa shape index (κ3) is 14.1.